The fourth-order valence-electron chi connectivity index (χ4n) is 6.52. The molecule has 0 spiro atoms. The van der Waals surface area contributed by atoms with Crippen LogP contribution in [0.1, 0.15) is 22.6 Å². The Bertz CT molecular complexity index is 1480. The molecule has 1 fully saturated rings. The largest absolute Gasteiger partial charge is 0.508 e. The van der Waals surface area contributed by atoms with E-state index >= 15 is 0 Å². The molecule has 11 heteroatoms. The van der Waals surface area contributed by atoms with Gasteiger partial charge in [-0.05, 0) is 55.8 Å². The van der Waals surface area contributed by atoms with Crippen LogP contribution in [0.5, 0.6) is 11.5 Å². The topological polar surface area (TPSA) is 202 Å². The summed E-state index contributed by atoms with van der Waals surface area (Å²) in [5.41, 5.74) is 1.96. The quantitative estimate of drug-likeness (QED) is 0.269. The van der Waals surface area contributed by atoms with E-state index in [9.17, 15) is 45.0 Å². The first kappa shape index (κ1) is 26.4. The predicted molar refractivity (Wildman–Crippen MR) is 136 cm³/mol. The van der Waals surface area contributed by atoms with E-state index in [0.29, 0.717) is 11.1 Å². The predicted octanol–water partition coefficient (Wildman–Crippen LogP) is 0.424. The minimum atomic E-state index is -2.97. The van der Waals surface area contributed by atoms with Gasteiger partial charge in [0.1, 0.15) is 28.6 Å². The van der Waals surface area contributed by atoms with Gasteiger partial charge < -0.3 is 36.4 Å². The molecule has 5 rings (SSSR count). The molecule has 0 radical (unpaired) electrons. The van der Waals surface area contributed by atoms with Crippen LogP contribution in [0.15, 0.2) is 59.4 Å². The number of carbonyl (C=O) groups is 3. The second-order valence-corrected chi connectivity index (χ2v) is 10.5. The first-order chi connectivity index (χ1) is 18.3. The van der Waals surface area contributed by atoms with E-state index in [1.807, 2.05) is 0 Å². The van der Waals surface area contributed by atoms with Gasteiger partial charge in [0, 0.05) is 11.5 Å². The number of nitrogens with zero attached hydrogens (tertiary/aromatic N) is 1. The van der Waals surface area contributed by atoms with Gasteiger partial charge in [0.25, 0.3) is 5.91 Å². The number of nitrogens with two attached hydrogens (primary N) is 1. The van der Waals surface area contributed by atoms with E-state index < -0.39 is 75.6 Å². The summed E-state index contributed by atoms with van der Waals surface area (Å²) in [6.45, 7) is 0. The Hall–Kier alpha value is -4.19. The molecule has 1 saturated carbocycles. The molecule has 0 heterocycles. The van der Waals surface area contributed by atoms with Crippen LogP contribution in [-0.2, 0) is 20.8 Å². The van der Waals surface area contributed by atoms with E-state index in [1.165, 1.54) is 37.2 Å². The molecule has 39 heavy (non-hydrogen) atoms. The number of hydrogen-bond donors (Lipinski definition) is 7. The minimum Gasteiger partial charge on any atom is -0.508 e. The smallest absolute Gasteiger partial charge is 0.255 e. The average molecular weight is 537 g/mol. The number of aliphatic hydroxyl groups is 4. The van der Waals surface area contributed by atoms with E-state index in [2.05, 4.69) is 0 Å². The SMILES string of the molecule is CN(C)C1C(=O)C(C(N)=O)=C(O)C2(O)C(=O)C3=C(O)c4c(O)cccc4C(Cc4ccc(O)cc4)C3C(O)C12. The van der Waals surface area contributed by atoms with Crippen molar-refractivity contribution in [2.45, 2.75) is 30.1 Å². The standard InChI is InChI=1S/C28H28N2O9/c1-30(2)21-20-23(34)17-14(10-11-6-8-12(31)9-7-11)13-4-3-5-15(32)16(13)22(33)18(17)25(36)28(20,39)26(37)19(24(21)35)27(29)38/h3-9,14,17,20-21,23,31-34,37,39H,10H2,1-2H3,(H2,29,38). The zero-order valence-corrected chi connectivity index (χ0v) is 21.1. The molecule has 204 valence electrons. The molecular weight excluding hydrogens is 508 g/mol. The third-order valence-corrected chi connectivity index (χ3v) is 8.19. The molecule has 2 aromatic rings. The molecule has 8 N–H and O–H groups in total. The average Bonchev–Trinajstić information content (AvgIpc) is 2.86. The lowest BCUT2D eigenvalue weighted by Gasteiger charge is -2.54. The van der Waals surface area contributed by atoms with Gasteiger partial charge >= 0.3 is 0 Å². The number of aromatic hydroxyl groups is 2. The second-order valence-electron chi connectivity index (χ2n) is 10.5. The van der Waals surface area contributed by atoms with Gasteiger partial charge in [0.2, 0.25) is 5.78 Å². The van der Waals surface area contributed by atoms with Crippen molar-refractivity contribution >= 4 is 23.2 Å². The highest BCUT2D eigenvalue weighted by Crippen LogP contribution is 2.56. The fourth-order valence-corrected chi connectivity index (χ4v) is 6.52. The summed E-state index contributed by atoms with van der Waals surface area (Å²) in [6.07, 6.45) is -1.53. The van der Waals surface area contributed by atoms with Gasteiger partial charge in [0.05, 0.1) is 23.6 Å². The molecule has 0 aliphatic heterocycles. The number of ketones is 2. The van der Waals surface area contributed by atoms with E-state index in [0.717, 1.165) is 0 Å². The number of Topliss-reactive ketones (excluding diaryl/α,β-unsaturated/α-hetero) is 2. The Labute approximate surface area is 222 Å². The maximum atomic E-state index is 14.1. The summed E-state index contributed by atoms with van der Waals surface area (Å²) in [4.78, 5) is 40.9. The first-order valence-corrected chi connectivity index (χ1v) is 12.2. The number of primary amides is 1. The first-order valence-electron chi connectivity index (χ1n) is 12.2. The highest BCUT2D eigenvalue weighted by molar-refractivity contribution is 6.24. The summed E-state index contributed by atoms with van der Waals surface area (Å²) in [7, 11) is 2.90. The van der Waals surface area contributed by atoms with Crippen molar-refractivity contribution in [1.82, 2.24) is 4.90 Å². The fraction of sp³-hybridized carbons (Fsp3) is 0.321. The Morgan fingerprint density at radius 3 is 2.26 bits per heavy atom. The zero-order chi connectivity index (χ0) is 28.5. The van der Waals surface area contributed by atoms with Crippen molar-refractivity contribution in [2.75, 3.05) is 14.1 Å². The lowest BCUT2D eigenvalue weighted by Crippen LogP contribution is -2.70. The highest BCUT2D eigenvalue weighted by atomic mass is 16.4. The van der Waals surface area contributed by atoms with Crippen LogP contribution < -0.4 is 5.73 Å². The Morgan fingerprint density at radius 1 is 1.03 bits per heavy atom. The third kappa shape index (κ3) is 3.58. The van der Waals surface area contributed by atoms with Crippen LogP contribution in [0.25, 0.3) is 5.76 Å². The van der Waals surface area contributed by atoms with Crippen LogP contribution >= 0.6 is 0 Å². The number of hydrogen-bond acceptors (Lipinski definition) is 10. The molecule has 0 bridgehead atoms. The zero-order valence-electron chi connectivity index (χ0n) is 21.1. The molecule has 11 nitrogen and oxygen atoms in total. The lowest BCUT2D eigenvalue weighted by molar-refractivity contribution is -0.169. The van der Waals surface area contributed by atoms with Crippen molar-refractivity contribution in [2.24, 2.45) is 17.6 Å². The van der Waals surface area contributed by atoms with Crippen LogP contribution in [0, 0.1) is 11.8 Å². The summed E-state index contributed by atoms with van der Waals surface area (Å²) < 4.78 is 0. The number of benzene rings is 2. The number of likely N-dealkylation sites (N-methyl/N-ethyl adjacent to an activating group) is 1. The van der Waals surface area contributed by atoms with Crippen molar-refractivity contribution in [3.8, 4) is 11.5 Å². The molecule has 3 aliphatic rings. The summed E-state index contributed by atoms with van der Waals surface area (Å²) >= 11 is 0. The maximum absolute atomic E-state index is 14.1. The highest BCUT2D eigenvalue weighted by Gasteiger charge is 2.68. The van der Waals surface area contributed by atoms with Gasteiger partial charge in [-0.3, -0.25) is 19.3 Å². The van der Waals surface area contributed by atoms with Gasteiger partial charge in [-0.25, -0.2) is 0 Å². The van der Waals surface area contributed by atoms with Crippen LogP contribution in [-0.4, -0.2) is 84.9 Å². The van der Waals surface area contributed by atoms with E-state index in [4.69, 9.17) is 5.73 Å². The number of phenols is 2. The normalized spacial score (nSPS) is 30.2. The van der Waals surface area contributed by atoms with Gasteiger partial charge in [0.15, 0.2) is 11.4 Å². The summed E-state index contributed by atoms with van der Waals surface area (Å²) in [5.74, 6) is -9.45. The summed E-state index contributed by atoms with van der Waals surface area (Å²) in [6, 6.07) is 9.26. The Kier molecular flexibility index (Phi) is 6.06. The number of carbonyl (C=O) groups excluding carboxylic acids is 3. The molecule has 0 aromatic heterocycles. The maximum Gasteiger partial charge on any atom is 0.255 e. The molecule has 1 amide bonds. The minimum absolute atomic E-state index is 0.0265. The third-order valence-electron chi connectivity index (χ3n) is 8.19. The van der Waals surface area contributed by atoms with Crippen molar-refractivity contribution in [1.29, 1.82) is 0 Å². The van der Waals surface area contributed by atoms with E-state index in [1.54, 1.807) is 24.3 Å². The number of amides is 1. The molecule has 6 unspecified atom stereocenters. The van der Waals surface area contributed by atoms with Crippen LogP contribution in [0.4, 0.5) is 0 Å². The Balaban J connectivity index is 1.79. The van der Waals surface area contributed by atoms with Gasteiger partial charge in [-0.15, -0.1) is 0 Å². The molecule has 6 atom stereocenters. The lowest BCUT2D eigenvalue weighted by atomic mass is 9.53. The monoisotopic (exact) mass is 536 g/mol. The van der Waals surface area contributed by atoms with Gasteiger partial charge in [-0.2, -0.15) is 0 Å². The van der Waals surface area contributed by atoms with Crippen LogP contribution in [0.3, 0.4) is 0 Å². The molecular formula is C28H28N2O9. The number of phenolic OH excluding ortho intramolecular Hbond substituents is 2. The van der Waals surface area contributed by atoms with Crippen molar-refractivity contribution < 1.29 is 45.0 Å². The van der Waals surface area contributed by atoms with Gasteiger partial charge in [-0.1, -0.05) is 24.3 Å². The molecule has 0 saturated heterocycles. The summed E-state index contributed by atoms with van der Waals surface area (Å²) in [5, 5.41) is 66.4. The van der Waals surface area contributed by atoms with E-state index in [-0.39, 0.29) is 23.5 Å². The molecule has 2 aromatic carbocycles. The number of fused-ring (bicyclic) bond motifs is 3. The van der Waals surface area contributed by atoms with Crippen molar-refractivity contribution in [3.05, 3.63) is 76.1 Å². The molecule has 3 aliphatic carbocycles. The number of rotatable bonds is 4. The second kappa shape index (κ2) is 8.94. The van der Waals surface area contributed by atoms with Crippen molar-refractivity contribution in [3.63, 3.8) is 0 Å². The Morgan fingerprint density at radius 2 is 1.67 bits per heavy atom. The number of aliphatic hydroxyl groups excluding tert-OH is 3. The van der Waals surface area contributed by atoms with Crippen LogP contribution in [0.2, 0.25) is 0 Å².